The maximum absolute atomic E-state index is 12.8. The molecule has 5 nitrogen and oxygen atoms in total. The molecule has 0 aromatic carbocycles. The molecule has 0 aromatic heterocycles. The van der Waals surface area contributed by atoms with Gasteiger partial charge >= 0.3 is 11.9 Å². The van der Waals surface area contributed by atoms with Crippen LogP contribution in [0.3, 0.4) is 0 Å². The van der Waals surface area contributed by atoms with Crippen LogP contribution < -0.4 is 0 Å². The Morgan fingerprint density at radius 2 is 0.662 bits per heavy atom. The molecule has 0 aliphatic heterocycles. The highest BCUT2D eigenvalue weighted by molar-refractivity contribution is 5.70. The second-order valence-corrected chi connectivity index (χ2v) is 19.2. The van der Waals surface area contributed by atoms with Gasteiger partial charge in [0.05, 0.1) is 6.61 Å². The molecule has 0 radical (unpaired) electrons. The van der Waals surface area contributed by atoms with E-state index in [-0.39, 0.29) is 25.2 Å². The molecule has 0 saturated heterocycles. The normalized spacial score (nSPS) is 12.8. The number of hydrogen-bond acceptors (Lipinski definition) is 5. The molecule has 1 atom stereocenters. The molecule has 0 heterocycles. The van der Waals surface area contributed by atoms with Crippen molar-refractivity contribution in [3.63, 3.8) is 0 Å². The van der Waals surface area contributed by atoms with Crippen molar-refractivity contribution in [3.05, 3.63) is 85.1 Å². The molecule has 5 heteroatoms. The van der Waals surface area contributed by atoms with Crippen molar-refractivity contribution in [2.45, 2.75) is 284 Å². The summed E-state index contributed by atoms with van der Waals surface area (Å²) < 4.78 is 17.4. The van der Waals surface area contributed by atoms with E-state index in [1.54, 1.807) is 0 Å². The number of rotatable bonds is 53. The first-order chi connectivity index (χ1) is 33.6. The van der Waals surface area contributed by atoms with Gasteiger partial charge in [0.15, 0.2) is 6.10 Å². The van der Waals surface area contributed by atoms with E-state index in [0.29, 0.717) is 19.4 Å². The lowest BCUT2D eigenvalue weighted by molar-refractivity contribution is -0.163. The van der Waals surface area contributed by atoms with Gasteiger partial charge in [0.25, 0.3) is 0 Å². The molecule has 0 aliphatic rings. The zero-order valence-electron chi connectivity index (χ0n) is 45.1. The topological polar surface area (TPSA) is 61.8 Å². The molecule has 0 amide bonds. The Labute approximate surface area is 422 Å². The van der Waals surface area contributed by atoms with Crippen LogP contribution in [0.2, 0.25) is 0 Å². The Kier molecular flexibility index (Phi) is 55.9. The summed E-state index contributed by atoms with van der Waals surface area (Å²) in [6.07, 6.45) is 77.5. The largest absolute Gasteiger partial charge is 0.462 e. The first-order valence-electron chi connectivity index (χ1n) is 29.1. The fraction of sp³-hybridized carbons (Fsp3) is 0.746. The zero-order chi connectivity index (χ0) is 49.2. The SMILES string of the molecule is CC/C=C\C/C=C\C/C=C\C/C=C\C/C=C\CCCCOCC(COC(=O)CCCCCCCCCCCCCCCCCCCCC)OC(=O)CCCCCCC/C=C\C/C=C\CCCCC. The standard InChI is InChI=1S/C63H110O5/c1-4-7-10-13-16-19-22-25-28-30-32-33-36-38-41-44-47-50-53-56-62(64)67-60-61(68-63(65)57-54-51-48-45-42-39-35-27-24-21-18-15-12-9-6-3)59-66-58-55-52-49-46-43-40-37-34-31-29-26-23-20-17-14-11-8-5-2/h8,11,17-18,20-21,26-27,29,34-35,37,43,46,61H,4-7,9-10,12-16,19,22-25,28,30-33,36,38-42,44-45,47-60H2,1-3H3/b11-8-,20-17-,21-18-,29-26-,35-27-,37-34-,46-43-. The first kappa shape index (κ1) is 65.1. The Balaban J connectivity index is 4.34. The van der Waals surface area contributed by atoms with Crippen molar-refractivity contribution in [1.29, 1.82) is 0 Å². The lowest BCUT2D eigenvalue weighted by Gasteiger charge is -2.18. The summed E-state index contributed by atoms with van der Waals surface area (Å²) in [6.45, 7) is 7.60. The van der Waals surface area contributed by atoms with Crippen molar-refractivity contribution < 1.29 is 23.8 Å². The van der Waals surface area contributed by atoms with Crippen molar-refractivity contribution in [2.24, 2.45) is 0 Å². The molecule has 0 aliphatic carbocycles. The monoisotopic (exact) mass is 947 g/mol. The quantitative estimate of drug-likeness (QED) is 0.0345. The number of allylic oxidation sites excluding steroid dienone is 14. The lowest BCUT2D eigenvalue weighted by atomic mass is 10.0. The van der Waals surface area contributed by atoms with E-state index in [4.69, 9.17) is 14.2 Å². The number of carbonyl (C=O) groups is 2. The molecule has 0 saturated carbocycles. The summed E-state index contributed by atoms with van der Waals surface area (Å²) in [4.78, 5) is 25.5. The van der Waals surface area contributed by atoms with Gasteiger partial charge in [0.1, 0.15) is 6.61 Å². The number of esters is 2. The van der Waals surface area contributed by atoms with Crippen LogP contribution in [0, 0.1) is 0 Å². The predicted octanol–water partition coefficient (Wildman–Crippen LogP) is 20.0. The predicted molar refractivity (Wildman–Crippen MR) is 297 cm³/mol. The average molecular weight is 948 g/mol. The minimum atomic E-state index is -0.569. The Bertz CT molecular complexity index is 1250. The molecular formula is C63H110O5. The Hall–Kier alpha value is -2.92. The minimum absolute atomic E-state index is 0.0614. The van der Waals surface area contributed by atoms with E-state index in [1.165, 1.54) is 148 Å². The Morgan fingerprint density at radius 1 is 0.338 bits per heavy atom. The van der Waals surface area contributed by atoms with E-state index in [0.717, 1.165) is 96.3 Å². The van der Waals surface area contributed by atoms with Gasteiger partial charge in [0, 0.05) is 19.4 Å². The van der Waals surface area contributed by atoms with E-state index in [2.05, 4.69) is 106 Å². The minimum Gasteiger partial charge on any atom is -0.462 e. The summed E-state index contributed by atoms with van der Waals surface area (Å²) in [7, 11) is 0. The van der Waals surface area contributed by atoms with E-state index < -0.39 is 6.10 Å². The van der Waals surface area contributed by atoms with E-state index in [1.807, 2.05) is 0 Å². The van der Waals surface area contributed by atoms with Crippen molar-refractivity contribution in [1.82, 2.24) is 0 Å². The van der Waals surface area contributed by atoms with Gasteiger partial charge in [0.2, 0.25) is 0 Å². The fourth-order valence-electron chi connectivity index (χ4n) is 8.10. The summed E-state index contributed by atoms with van der Waals surface area (Å²) in [5.74, 6) is -0.429. The third-order valence-corrected chi connectivity index (χ3v) is 12.4. The molecule has 0 N–H and O–H groups in total. The van der Waals surface area contributed by atoms with Gasteiger partial charge < -0.3 is 14.2 Å². The smallest absolute Gasteiger partial charge is 0.306 e. The fourth-order valence-corrected chi connectivity index (χ4v) is 8.10. The molecule has 0 bridgehead atoms. The van der Waals surface area contributed by atoms with Crippen LogP contribution in [0.4, 0.5) is 0 Å². The zero-order valence-corrected chi connectivity index (χ0v) is 45.1. The molecule has 68 heavy (non-hydrogen) atoms. The maximum atomic E-state index is 12.8. The van der Waals surface area contributed by atoms with Crippen molar-refractivity contribution >= 4 is 11.9 Å². The highest BCUT2D eigenvalue weighted by atomic mass is 16.6. The van der Waals surface area contributed by atoms with Crippen molar-refractivity contribution in [2.75, 3.05) is 19.8 Å². The molecule has 0 rings (SSSR count). The van der Waals surface area contributed by atoms with Crippen LogP contribution in [0.25, 0.3) is 0 Å². The molecule has 0 spiro atoms. The van der Waals surface area contributed by atoms with Gasteiger partial charge in [-0.05, 0) is 96.3 Å². The number of hydrogen-bond donors (Lipinski definition) is 0. The van der Waals surface area contributed by atoms with Crippen LogP contribution in [-0.2, 0) is 23.8 Å². The van der Waals surface area contributed by atoms with E-state index >= 15 is 0 Å². The van der Waals surface area contributed by atoms with Gasteiger partial charge in [-0.25, -0.2) is 0 Å². The average Bonchev–Trinajstić information content (AvgIpc) is 3.34. The van der Waals surface area contributed by atoms with E-state index in [9.17, 15) is 9.59 Å². The molecule has 392 valence electrons. The summed E-state index contributed by atoms with van der Waals surface area (Å²) in [6, 6.07) is 0. The number of unbranched alkanes of at least 4 members (excludes halogenated alkanes) is 28. The maximum Gasteiger partial charge on any atom is 0.306 e. The summed E-state index contributed by atoms with van der Waals surface area (Å²) >= 11 is 0. The van der Waals surface area contributed by atoms with Gasteiger partial charge in [-0.3, -0.25) is 9.59 Å². The highest BCUT2D eigenvalue weighted by Gasteiger charge is 2.17. The lowest BCUT2D eigenvalue weighted by Crippen LogP contribution is -2.30. The van der Waals surface area contributed by atoms with Crippen LogP contribution in [0.1, 0.15) is 278 Å². The second-order valence-electron chi connectivity index (χ2n) is 19.2. The van der Waals surface area contributed by atoms with Gasteiger partial charge in [-0.2, -0.15) is 0 Å². The third-order valence-electron chi connectivity index (χ3n) is 12.4. The third kappa shape index (κ3) is 55.7. The number of ether oxygens (including phenoxy) is 3. The number of carbonyl (C=O) groups excluding carboxylic acids is 2. The van der Waals surface area contributed by atoms with Crippen LogP contribution in [0.5, 0.6) is 0 Å². The summed E-state index contributed by atoms with van der Waals surface area (Å²) in [5, 5.41) is 0. The molecule has 0 fully saturated rings. The molecule has 1 unspecified atom stereocenters. The molecular weight excluding hydrogens is 837 g/mol. The van der Waals surface area contributed by atoms with Crippen LogP contribution >= 0.6 is 0 Å². The van der Waals surface area contributed by atoms with Gasteiger partial charge in [-0.1, -0.05) is 254 Å². The second kappa shape index (κ2) is 58.4. The van der Waals surface area contributed by atoms with Crippen LogP contribution in [0.15, 0.2) is 85.1 Å². The molecule has 0 aromatic rings. The van der Waals surface area contributed by atoms with Gasteiger partial charge in [-0.15, -0.1) is 0 Å². The van der Waals surface area contributed by atoms with Crippen molar-refractivity contribution in [3.8, 4) is 0 Å². The Morgan fingerprint density at radius 3 is 1.09 bits per heavy atom. The summed E-state index contributed by atoms with van der Waals surface area (Å²) in [5.41, 5.74) is 0. The first-order valence-corrected chi connectivity index (χ1v) is 29.1. The highest BCUT2D eigenvalue weighted by Crippen LogP contribution is 2.16. The van der Waals surface area contributed by atoms with Crippen LogP contribution in [-0.4, -0.2) is 37.9 Å².